The number of nitrogens with one attached hydrogen (secondary N) is 2. The Bertz CT molecular complexity index is 407. The number of likely N-dealkylation sites (N-methyl/N-ethyl adjacent to an activating group) is 1. The molecular formula is C16H26N2O2. The second kappa shape index (κ2) is 9.50. The molecule has 1 rings (SSSR count). The molecule has 0 aliphatic heterocycles. The van der Waals surface area contributed by atoms with Gasteiger partial charge in [-0.2, -0.15) is 0 Å². The number of aliphatic hydroxyl groups excluding tert-OH is 1. The highest BCUT2D eigenvalue weighted by atomic mass is 16.3. The number of hydrogen-bond donors (Lipinski definition) is 3. The molecular weight excluding hydrogens is 252 g/mol. The highest BCUT2D eigenvalue weighted by molar-refractivity contribution is 5.95. The van der Waals surface area contributed by atoms with Crippen LogP contribution in [0.5, 0.6) is 0 Å². The molecule has 0 heterocycles. The molecule has 112 valence electrons. The monoisotopic (exact) mass is 278 g/mol. The molecule has 20 heavy (non-hydrogen) atoms. The highest BCUT2D eigenvalue weighted by Crippen LogP contribution is 2.11. The van der Waals surface area contributed by atoms with E-state index in [2.05, 4.69) is 17.6 Å². The molecule has 1 amide bonds. The van der Waals surface area contributed by atoms with Gasteiger partial charge in [0.25, 0.3) is 5.91 Å². The lowest BCUT2D eigenvalue weighted by molar-refractivity contribution is 0.0942. The Hall–Kier alpha value is -1.39. The fourth-order valence-electron chi connectivity index (χ4n) is 2.18. The first-order valence-corrected chi connectivity index (χ1v) is 7.34. The Labute approximate surface area is 121 Å². The van der Waals surface area contributed by atoms with Crippen molar-refractivity contribution in [1.29, 1.82) is 0 Å². The molecule has 0 aliphatic carbocycles. The summed E-state index contributed by atoms with van der Waals surface area (Å²) < 4.78 is 0. The zero-order chi connectivity index (χ0) is 14.8. The van der Waals surface area contributed by atoms with E-state index in [0.29, 0.717) is 12.5 Å². The molecule has 0 radical (unpaired) electrons. The van der Waals surface area contributed by atoms with Crippen LogP contribution in [0.2, 0.25) is 0 Å². The second-order valence-corrected chi connectivity index (χ2v) is 5.01. The summed E-state index contributed by atoms with van der Waals surface area (Å²) in [5, 5.41) is 15.1. The Morgan fingerprint density at radius 2 is 2.10 bits per heavy atom. The Balaban J connectivity index is 2.62. The summed E-state index contributed by atoms with van der Waals surface area (Å²) in [7, 11) is 1.91. The quantitative estimate of drug-likeness (QED) is 0.643. The normalized spacial score (nSPS) is 12.2. The summed E-state index contributed by atoms with van der Waals surface area (Å²) in [4.78, 5) is 12.3. The van der Waals surface area contributed by atoms with Crippen molar-refractivity contribution in [2.45, 2.75) is 26.2 Å². The van der Waals surface area contributed by atoms with Crippen LogP contribution in [0.3, 0.4) is 0 Å². The maximum Gasteiger partial charge on any atom is 0.251 e. The number of carbonyl (C=O) groups excluding carboxylic acids is 1. The molecule has 1 aromatic rings. The number of aliphatic hydroxyl groups is 1. The first kappa shape index (κ1) is 16.7. The van der Waals surface area contributed by atoms with Crippen LogP contribution in [-0.4, -0.2) is 37.8 Å². The van der Waals surface area contributed by atoms with Crippen LogP contribution in [0.25, 0.3) is 0 Å². The van der Waals surface area contributed by atoms with Gasteiger partial charge in [-0.05, 0) is 44.0 Å². The minimum Gasteiger partial charge on any atom is -0.396 e. The minimum absolute atomic E-state index is 0.0203. The van der Waals surface area contributed by atoms with Crippen LogP contribution >= 0.6 is 0 Å². The number of rotatable bonds is 9. The lowest BCUT2D eigenvalue weighted by Crippen LogP contribution is -2.30. The smallest absolute Gasteiger partial charge is 0.251 e. The summed E-state index contributed by atoms with van der Waals surface area (Å²) in [5.41, 5.74) is 1.82. The van der Waals surface area contributed by atoms with Gasteiger partial charge in [-0.25, -0.2) is 0 Å². The Kier molecular flexibility index (Phi) is 7.92. The average Bonchev–Trinajstić information content (AvgIpc) is 2.49. The van der Waals surface area contributed by atoms with Crippen molar-refractivity contribution in [1.82, 2.24) is 10.6 Å². The Morgan fingerprint density at radius 1 is 1.35 bits per heavy atom. The molecule has 0 saturated heterocycles. The second-order valence-electron chi connectivity index (χ2n) is 5.01. The molecule has 0 aromatic heterocycles. The van der Waals surface area contributed by atoms with Gasteiger partial charge in [0.2, 0.25) is 0 Å². The predicted octanol–water partition coefficient (Wildman–Crippen LogP) is 1.59. The van der Waals surface area contributed by atoms with Gasteiger partial charge < -0.3 is 15.7 Å². The van der Waals surface area contributed by atoms with Gasteiger partial charge in [-0.3, -0.25) is 4.79 Å². The van der Waals surface area contributed by atoms with E-state index in [1.54, 1.807) is 0 Å². The van der Waals surface area contributed by atoms with Crippen molar-refractivity contribution in [3.8, 4) is 0 Å². The number of amides is 1. The molecule has 0 bridgehead atoms. The van der Waals surface area contributed by atoms with Crippen LogP contribution in [0.1, 0.15) is 35.7 Å². The lowest BCUT2D eigenvalue weighted by atomic mass is 10.0. The largest absolute Gasteiger partial charge is 0.396 e. The molecule has 1 aromatic carbocycles. The minimum atomic E-state index is -0.0203. The van der Waals surface area contributed by atoms with Crippen LogP contribution < -0.4 is 10.6 Å². The third-order valence-electron chi connectivity index (χ3n) is 3.57. The van der Waals surface area contributed by atoms with E-state index in [0.717, 1.165) is 36.9 Å². The third-order valence-corrected chi connectivity index (χ3v) is 3.57. The molecule has 0 fully saturated rings. The van der Waals surface area contributed by atoms with E-state index in [1.807, 2.05) is 31.3 Å². The van der Waals surface area contributed by atoms with Crippen LogP contribution in [0.15, 0.2) is 24.3 Å². The predicted molar refractivity (Wildman–Crippen MR) is 81.9 cm³/mol. The van der Waals surface area contributed by atoms with Gasteiger partial charge in [-0.1, -0.05) is 31.5 Å². The number of hydrogen-bond acceptors (Lipinski definition) is 3. The molecule has 4 heteroatoms. The average molecular weight is 278 g/mol. The fraction of sp³-hybridized carbons (Fsp3) is 0.562. The molecule has 0 aliphatic rings. The van der Waals surface area contributed by atoms with E-state index >= 15 is 0 Å². The van der Waals surface area contributed by atoms with Crippen molar-refractivity contribution in [2.24, 2.45) is 5.92 Å². The van der Waals surface area contributed by atoms with E-state index in [1.165, 1.54) is 0 Å². The summed E-state index contributed by atoms with van der Waals surface area (Å²) in [6.07, 6.45) is 2.54. The molecule has 0 saturated carbocycles. The fourth-order valence-corrected chi connectivity index (χ4v) is 2.18. The van der Waals surface area contributed by atoms with Gasteiger partial charge >= 0.3 is 0 Å². The summed E-state index contributed by atoms with van der Waals surface area (Å²) >= 11 is 0. The van der Waals surface area contributed by atoms with Crippen molar-refractivity contribution in [3.05, 3.63) is 35.4 Å². The van der Waals surface area contributed by atoms with E-state index in [-0.39, 0.29) is 12.5 Å². The molecule has 0 spiro atoms. The van der Waals surface area contributed by atoms with Gasteiger partial charge in [0.15, 0.2) is 0 Å². The van der Waals surface area contributed by atoms with E-state index in [4.69, 9.17) is 5.11 Å². The van der Waals surface area contributed by atoms with E-state index < -0.39 is 0 Å². The van der Waals surface area contributed by atoms with Crippen molar-refractivity contribution >= 4 is 5.91 Å². The summed E-state index contributed by atoms with van der Waals surface area (Å²) in [6.45, 7) is 3.73. The molecule has 1 atom stereocenters. The van der Waals surface area contributed by atoms with Crippen LogP contribution in [-0.2, 0) is 6.42 Å². The Morgan fingerprint density at radius 3 is 2.75 bits per heavy atom. The third kappa shape index (κ3) is 5.31. The lowest BCUT2D eigenvalue weighted by Gasteiger charge is -2.15. The van der Waals surface area contributed by atoms with Crippen molar-refractivity contribution in [2.75, 3.05) is 26.7 Å². The first-order chi connectivity index (χ1) is 9.72. The van der Waals surface area contributed by atoms with E-state index in [9.17, 15) is 4.79 Å². The maximum absolute atomic E-state index is 12.3. The van der Waals surface area contributed by atoms with Gasteiger partial charge in [-0.15, -0.1) is 0 Å². The SMILES string of the molecule is CCC(CCO)CNC(=O)c1ccccc1CCNC. The highest BCUT2D eigenvalue weighted by Gasteiger charge is 2.12. The topological polar surface area (TPSA) is 61.4 Å². The molecule has 4 nitrogen and oxygen atoms in total. The standard InChI is InChI=1S/C16H26N2O2/c1-3-13(9-11-19)12-18-16(20)15-7-5-4-6-14(15)8-10-17-2/h4-7,13,17,19H,3,8-12H2,1-2H3,(H,18,20). The summed E-state index contributed by atoms with van der Waals surface area (Å²) in [6, 6.07) is 7.72. The first-order valence-electron chi connectivity index (χ1n) is 7.34. The van der Waals surface area contributed by atoms with Gasteiger partial charge in [0.05, 0.1) is 0 Å². The van der Waals surface area contributed by atoms with Crippen LogP contribution in [0.4, 0.5) is 0 Å². The van der Waals surface area contributed by atoms with Gasteiger partial charge in [0.1, 0.15) is 0 Å². The molecule has 3 N–H and O–H groups in total. The van der Waals surface area contributed by atoms with Crippen molar-refractivity contribution < 1.29 is 9.90 Å². The summed E-state index contributed by atoms with van der Waals surface area (Å²) in [5.74, 6) is 0.321. The zero-order valence-corrected chi connectivity index (χ0v) is 12.5. The maximum atomic E-state index is 12.3. The van der Waals surface area contributed by atoms with Crippen molar-refractivity contribution in [3.63, 3.8) is 0 Å². The number of benzene rings is 1. The van der Waals surface area contributed by atoms with Gasteiger partial charge in [0, 0.05) is 18.7 Å². The zero-order valence-electron chi connectivity index (χ0n) is 12.5. The van der Waals surface area contributed by atoms with Crippen LogP contribution in [0, 0.1) is 5.92 Å². The number of carbonyl (C=O) groups is 1. The molecule has 1 unspecified atom stereocenters.